The number of para-hydroxylation sites is 1. The number of anilines is 2. The van der Waals surface area contributed by atoms with Crippen LogP contribution in [0.25, 0.3) is 10.1 Å². The van der Waals surface area contributed by atoms with Gasteiger partial charge in [0.1, 0.15) is 0 Å². The summed E-state index contributed by atoms with van der Waals surface area (Å²) in [5.74, 6) is 0. The minimum atomic E-state index is 0.783. The Kier molecular flexibility index (Phi) is 2.75. The maximum Gasteiger partial charge on any atom is 0.0572 e. The average Bonchev–Trinajstić information content (AvgIpc) is 2.73. The van der Waals surface area contributed by atoms with Gasteiger partial charge in [-0.2, -0.15) is 0 Å². The Hall–Kier alpha value is -1.51. The minimum absolute atomic E-state index is 0.783. The van der Waals surface area contributed by atoms with Gasteiger partial charge in [-0.25, -0.2) is 0 Å². The quantitative estimate of drug-likeness (QED) is 0.659. The van der Waals surface area contributed by atoms with E-state index in [1.807, 2.05) is 30.3 Å². The van der Waals surface area contributed by atoms with Crippen molar-refractivity contribution in [1.29, 1.82) is 0 Å². The zero-order valence-corrected chi connectivity index (χ0v) is 10.6. The summed E-state index contributed by atoms with van der Waals surface area (Å²) < 4.78 is 1.20. The Morgan fingerprint density at radius 3 is 2.65 bits per heavy atom. The number of nitrogens with one attached hydrogen (secondary N) is 1. The molecule has 1 nitrogen and oxygen atoms in total. The lowest BCUT2D eigenvalue weighted by Crippen LogP contribution is -1.87. The van der Waals surface area contributed by atoms with Gasteiger partial charge in [0.2, 0.25) is 0 Å². The number of fused-ring (bicyclic) bond motifs is 1. The molecule has 1 N–H and O–H groups in total. The van der Waals surface area contributed by atoms with E-state index in [1.165, 1.54) is 10.1 Å². The molecule has 2 aromatic carbocycles. The highest BCUT2D eigenvalue weighted by Crippen LogP contribution is 2.33. The van der Waals surface area contributed by atoms with Gasteiger partial charge in [0.05, 0.1) is 5.69 Å². The smallest absolute Gasteiger partial charge is 0.0572 e. The molecule has 0 aliphatic heterocycles. The summed E-state index contributed by atoms with van der Waals surface area (Å²) in [5.41, 5.74) is 2.23. The van der Waals surface area contributed by atoms with Crippen molar-refractivity contribution in [1.82, 2.24) is 0 Å². The lowest BCUT2D eigenvalue weighted by atomic mass is 10.2. The fourth-order valence-electron chi connectivity index (χ4n) is 1.78. The average molecular weight is 260 g/mol. The van der Waals surface area contributed by atoms with E-state index in [0.717, 1.165) is 16.4 Å². The number of hydrogen-bond donors (Lipinski definition) is 1. The fraction of sp³-hybridized carbons (Fsp3) is 0. The molecule has 3 rings (SSSR count). The Bertz CT molecular complexity index is 646. The van der Waals surface area contributed by atoms with Crippen LogP contribution in [0.4, 0.5) is 11.4 Å². The fourth-order valence-corrected chi connectivity index (χ4v) is 2.94. The SMILES string of the molecule is Clc1ccc2c(Nc3ccccc3)csc2c1. The second-order valence-electron chi connectivity index (χ2n) is 3.78. The first-order chi connectivity index (χ1) is 8.33. The van der Waals surface area contributed by atoms with E-state index in [4.69, 9.17) is 11.6 Å². The van der Waals surface area contributed by atoms with Gasteiger partial charge in [0.15, 0.2) is 0 Å². The molecule has 0 bridgehead atoms. The van der Waals surface area contributed by atoms with Crippen molar-refractivity contribution in [2.24, 2.45) is 0 Å². The summed E-state index contributed by atoms with van der Waals surface area (Å²) >= 11 is 7.67. The zero-order valence-electron chi connectivity index (χ0n) is 8.98. The van der Waals surface area contributed by atoms with E-state index in [9.17, 15) is 0 Å². The molecule has 3 aromatic rings. The molecule has 84 valence electrons. The molecule has 0 saturated heterocycles. The predicted octanol–water partition coefficient (Wildman–Crippen LogP) is 5.30. The first-order valence-corrected chi connectivity index (χ1v) is 6.57. The molecule has 0 aliphatic carbocycles. The maximum atomic E-state index is 5.97. The van der Waals surface area contributed by atoms with Gasteiger partial charge in [-0.05, 0) is 30.3 Å². The molecular formula is C14H10ClNS. The largest absolute Gasteiger partial charge is 0.354 e. The molecule has 3 heteroatoms. The first-order valence-electron chi connectivity index (χ1n) is 5.32. The Morgan fingerprint density at radius 2 is 1.82 bits per heavy atom. The topological polar surface area (TPSA) is 12.0 Å². The second-order valence-corrected chi connectivity index (χ2v) is 5.13. The number of thiophene rings is 1. The molecule has 0 spiro atoms. The van der Waals surface area contributed by atoms with E-state index in [2.05, 4.69) is 28.9 Å². The second kappa shape index (κ2) is 4.40. The molecule has 0 atom stereocenters. The van der Waals surface area contributed by atoms with Crippen LogP contribution >= 0.6 is 22.9 Å². The van der Waals surface area contributed by atoms with E-state index in [1.54, 1.807) is 11.3 Å². The van der Waals surface area contributed by atoms with Crippen molar-refractivity contribution in [3.63, 3.8) is 0 Å². The van der Waals surface area contributed by atoms with E-state index >= 15 is 0 Å². The van der Waals surface area contributed by atoms with Crippen molar-refractivity contribution in [2.45, 2.75) is 0 Å². The summed E-state index contributed by atoms with van der Waals surface area (Å²) in [4.78, 5) is 0. The van der Waals surface area contributed by atoms with Gasteiger partial charge in [0, 0.05) is 26.2 Å². The van der Waals surface area contributed by atoms with Crippen LogP contribution in [0.5, 0.6) is 0 Å². The number of halogens is 1. The number of hydrogen-bond acceptors (Lipinski definition) is 2. The van der Waals surface area contributed by atoms with E-state index in [-0.39, 0.29) is 0 Å². The van der Waals surface area contributed by atoms with Gasteiger partial charge < -0.3 is 5.32 Å². The molecule has 0 radical (unpaired) electrons. The molecule has 0 amide bonds. The molecule has 0 aliphatic rings. The van der Waals surface area contributed by atoms with Gasteiger partial charge in [-0.1, -0.05) is 29.8 Å². The lowest BCUT2D eigenvalue weighted by molar-refractivity contribution is 1.60. The van der Waals surface area contributed by atoms with Gasteiger partial charge in [-0.3, -0.25) is 0 Å². The summed E-state index contributed by atoms with van der Waals surface area (Å²) in [7, 11) is 0. The highest BCUT2D eigenvalue weighted by Gasteiger charge is 2.04. The predicted molar refractivity (Wildman–Crippen MR) is 76.6 cm³/mol. The summed E-state index contributed by atoms with van der Waals surface area (Å²) in [6.45, 7) is 0. The molecule has 1 heterocycles. The van der Waals surface area contributed by atoms with Crippen molar-refractivity contribution in [3.05, 3.63) is 58.9 Å². The van der Waals surface area contributed by atoms with Crippen LogP contribution in [0.3, 0.4) is 0 Å². The molecule has 17 heavy (non-hydrogen) atoms. The van der Waals surface area contributed by atoms with Crippen molar-refractivity contribution in [2.75, 3.05) is 5.32 Å². The van der Waals surface area contributed by atoms with Gasteiger partial charge in [-0.15, -0.1) is 11.3 Å². The van der Waals surface area contributed by atoms with Gasteiger partial charge in [0.25, 0.3) is 0 Å². The number of benzene rings is 2. The van der Waals surface area contributed by atoms with Crippen molar-refractivity contribution >= 4 is 44.4 Å². The molecule has 0 unspecified atom stereocenters. The third kappa shape index (κ3) is 2.14. The van der Waals surface area contributed by atoms with E-state index < -0.39 is 0 Å². The Morgan fingerprint density at radius 1 is 1.00 bits per heavy atom. The van der Waals surface area contributed by atoms with Crippen LogP contribution in [0.15, 0.2) is 53.9 Å². The summed E-state index contributed by atoms with van der Waals surface area (Å²) in [6.07, 6.45) is 0. The van der Waals surface area contributed by atoms with Gasteiger partial charge >= 0.3 is 0 Å². The normalized spacial score (nSPS) is 10.6. The molecule has 0 fully saturated rings. The van der Waals surface area contributed by atoms with Crippen LogP contribution in [0.1, 0.15) is 0 Å². The monoisotopic (exact) mass is 259 g/mol. The van der Waals surface area contributed by atoms with E-state index in [0.29, 0.717) is 0 Å². The van der Waals surface area contributed by atoms with Crippen LogP contribution < -0.4 is 5.32 Å². The Labute approximate surface area is 109 Å². The van der Waals surface area contributed by atoms with Crippen LogP contribution in [0, 0.1) is 0 Å². The minimum Gasteiger partial charge on any atom is -0.354 e. The number of rotatable bonds is 2. The van der Waals surface area contributed by atoms with Crippen molar-refractivity contribution < 1.29 is 0 Å². The molecule has 0 saturated carbocycles. The highest BCUT2D eigenvalue weighted by molar-refractivity contribution is 7.17. The third-order valence-electron chi connectivity index (χ3n) is 2.59. The first kappa shape index (κ1) is 10.6. The van der Waals surface area contributed by atoms with Crippen LogP contribution in [-0.2, 0) is 0 Å². The van der Waals surface area contributed by atoms with Crippen LogP contribution in [0.2, 0.25) is 5.02 Å². The summed E-state index contributed by atoms with van der Waals surface area (Å²) in [5, 5.41) is 7.53. The van der Waals surface area contributed by atoms with Crippen LogP contribution in [-0.4, -0.2) is 0 Å². The molecule has 1 aromatic heterocycles. The summed E-state index contributed by atoms with van der Waals surface area (Å²) in [6, 6.07) is 16.1. The highest BCUT2D eigenvalue weighted by atomic mass is 35.5. The lowest BCUT2D eigenvalue weighted by Gasteiger charge is -2.04. The Balaban J connectivity index is 2.01. The zero-order chi connectivity index (χ0) is 11.7. The molecular weight excluding hydrogens is 250 g/mol. The standard InChI is InChI=1S/C14H10ClNS/c15-10-6-7-12-13(9-17-14(12)8-10)16-11-4-2-1-3-5-11/h1-9,16H. The van der Waals surface area contributed by atoms with Crippen molar-refractivity contribution in [3.8, 4) is 0 Å². The third-order valence-corrected chi connectivity index (χ3v) is 3.77. The maximum absolute atomic E-state index is 5.97.